The summed E-state index contributed by atoms with van der Waals surface area (Å²) < 4.78 is 0. The Hall–Kier alpha value is -0.370. The van der Waals surface area contributed by atoms with Crippen molar-refractivity contribution in [2.45, 2.75) is 32.1 Å². The lowest BCUT2D eigenvalue weighted by Gasteiger charge is -2.21. The summed E-state index contributed by atoms with van der Waals surface area (Å²) in [6.45, 7) is 2.21. The third-order valence-corrected chi connectivity index (χ3v) is 2.92. The van der Waals surface area contributed by atoms with Gasteiger partial charge in [-0.1, -0.05) is 0 Å². The van der Waals surface area contributed by atoms with Gasteiger partial charge < -0.3 is 5.32 Å². The zero-order chi connectivity index (χ0) is 8.39. The molecule has 0 aromatic rings. The van der Waals surface area contributed by atoms with E-state index in [1.54, 1.807) is 0 Å². The number of Topliss-reactive ketones (excluding diaryl/α,β-unsaturated/α-hetero) is 1. The van der Waals surface area contributed by atoms with Gasteiger partial charge in [0.25, 0.3) is 0 Å². The molecule has 2 rings (SSSR count). The molecule has 0 amide bonds. The summed E-state index contributed by atoms with van der Waals surface area (Å²) in [5, 5.41) is 3.35. The molecule has 0 spiro atoms. The molecule has 12 heavy (non-hydrogen) atoms. The molecule has 1 saturated carbocycles. The lowest BCUT2D eigenvalue weighted by molar-refractivity contribution is -0.121. The van der Waals surface area contributed by atoms with E-state index in [0.717, 1.165) is 19.5 Å². The molecular weight excluding hydrogens is 150 g/mol. The van der Waals surface area contributed by atoms with Gasteiger partial charge in [-0.2, -0.15) is 0 Å². The van der Waals surface area contributed by atoms with Crippen LogP contribution in [0.4, 0.5) is 0 Å². The van der Waals surface area contributed by atoms with Crippen LogP contribution in [0.2, 0.25) is 0 Å². The Kier molecular flexibility index (Phi) is 2.45. The normalized spacial score (nSPS) is 30.2. The summed E-state index contributed by atoms with van der Waals surface area (Å²) in [7, 11) is 0. The first-order chi connectivity index (χ1) is 5.86. The Labute approximate surface area is 73.7 Å². The smallest absolute Gasteiger partial charge is 0.136 e. The van der Waals surface area contributed by atoms with E-state index in [1.165, 1.54) is 25.7 Å². The molecule has 0 aromatic carbocycles. The minimum Gasteiger partial charge on any atom is -0.316 e. The molecule has 0 radical (unpaired) electrons. The van der Waals surface area contributed by atoms with Crippen molar-refractivity contribution < 1.29 is 4.79 Å². The molecule has 1 aliphatic carbocycles. The van der Waals surface area contributed by atoms with Crippen LogP contribution in [-0.2, 0) is 4.79 Å². The first kappa shape index (κ1) is 8.24. The van der Waals surface area contributed by atoms with Crippen LogP contribution >= 0.6 is 0 Å². The third kappa shape index (κ3) is 2.07. The Morgan fingerprint density at radius 2 is 2.17 bits per heavy atom. The first-order valence-corrected chi connectivity index (χ1v) is 5.09. The van der Waals surface area contributed by atoms with Crippen molar-refractivity contribution in [3.05, 3.63) is 0 Å². The average molecular weight is 167 g/mol. The zero-order valence-electron chi connectivity index (χ0n) is 7.51. The largest absolute Gasteiger partial charge is 0.316 e. The van der Waals surface area contributed by atoms with Crippen LogP contribution < -0.4 is 5.32 Å². The van der Waals surface area contributed by atoms with Gasteiger partial charge in [0.1, 0.15) is 5.78 Å². The minimum absolute atomic E-state index is 0.465. The number of rotatable bonds is 3. The van der Waals surface area contributed by atoms with Crippen LogP contribution in [0.3, 0.4) is 0 Å². The maximum Gasteiger partial charge on any atom is 0.136 e. The van der Waals surface area contributed by atoms with E-state index in [2.05, 4.69) is 5.32 Å². The molecule has 2 aliphatic rings. The van der Waals surface area contributed by atoms with Crippen molar-refractivity contribution >= 4 is 5.78 Å². The Bertz CT molecular complexity index is 169. The second-order valence-electron chi connectivity index (χ2n) is 4.16. The van der Waals surface area contributed by atoms with Crippen molar-refractivity contribution in [1.82, 2.24) is 5.32 Å². The van der Waals surface area contributed by atoms with Crippen LogP contribution in [0.1, 0.15) is 32.1 Å². The van der Waals surface area contributed by atoms with Crippen molar-refractivity contribution in [1.29, 1.82) is 0 Å². The van der Waals surface area contributed by atoms with Gasteiger partial charge in [-0.05, 0) is 44.7 Å². The lowest BCUT2D eigenvalue weighted by atomic mass is 9.93. The van der Waals surface area contributed by atoms with Crippen LogP contribution in [0.5, 0.6) is 0 Å². The highest BCUT2D eigenvalue weighted by Gasteiger charge is 2.30. The molecule has 1 atom stereocenters. The van der Waals surface area contributed by atoms with Crippen LogP contribution in [0.15, 0.2) is 0 Å². The van der Waals surface area contributed by atoms with E-state index in [-0.39, 0.29) is 0 Å². The summed E-state index contributed by atoms with van der Waals surface area (Å²) >= 11 is 0. The number of hydrogen-bond donors (Lipinski definition) is 1. The molecular formula is C10H17NO. The molecule has 2 nitrogen and oxygen atoms in total. The molecule has 1 saturated heterocycles. The predicted octanol–water partition coefficient (Wildman–Crippen LogP) is 1.36. The van der Waals surface area contributed by atoms with Gasteiger partial charge in [0.2, 0.25) is 0 Å². The highest BCUT2D eigenvalue weighted by Crippen LogP contribution is 2.32. The number of nitrogens with one attached hydrogen (secondary N) is 1. The van der Waals surface area contributed by atoms with E-state index in [1.807, 2.05) is 0 Å². The Morgan fingerprint density at radius 3 is 2.75 bits per heavy atom. The van der Waals surface area contributed by atoms with Gasteiger partial charge in [0.05, 0.1) is 0 Å². The average Bonchev–Trinajstić information content (AvgIpc) is 2.88. The van der Waals surface area contributed by atoms with Gasteiger partial charge in [-0.3, -0.25) is 4.79 Å². The highest BCUT2D eigenvalue weighted by atomic mass is 16.1. The van der Waals surface area contributed by atoms with E-state index in [9.17, 15) is 4.79 Å². The van der Waals surface area contributed by atoms with Crippen LogP contribution in [0, 0.1) is 11.8 Å². The lowest BCUT2D eigenvalue weighted by Crippen LogP contribution is -2.31. The van der Waals surface area contributed by atoms with E-state index in [4.69, 9.17) is 0 Å². The molecule has 0 bridgehead atoms. The van der Waals surface area contributed by atoms with Crippen molar-refractivity contribution in [2.75, 3.05) is 13.1 Å². The molecule has 1 unspecified atom stereocenters. The van der Waals surface area contributed by atoms with Crippen LogP contribution in [0.25, 0.3) is 0 Å². The van der Waals surface area contributed by atoms with Crippen molar-refractivity contribution in [2.24, 2.45) is 11.8 Å². The third-order valence-electron chi connectivity index (χ3n) is 2.92. The minimum atomic E-state index is 0.465. The molecule has 1 heterocycles. The standard InChI is InChI=1S/C10H17NO/c12-10(9-3-4-9)6-8-2-1-5-11-7-8/h8-9,11H,1-7H2. The second kappa shape index (κ2) is 3.56. The van der Waals surface area contributed by atoms with Gasteiger partial charge in [0, 0.05) is 12.3 Å². The fourth-order valence-corrected chi connectivity index (χ4v) is 1.95. The summed E-state index contributed by atoms with van der Waals surface area (Å²) in [4.78, 5) is 11.4. The summed E-state index contributed by atoms with van der Waals surface area (Å²) in [5.74, 6) is 1.64. The monoisotopic (exact) mass is 167 g/mol. The molecule has 0 aromatic heterocycles. The topological polar surface area (TPSA) is 29.1 Å². The fraction of sp³-hybridized carbons (Fsp3) is 0.900. The summed E-state index contributed by atoms with van der Waals surface area (Å²) in [6, 6.07) is 0. The number of piperidine rings is 1. The fourth-order valence-electron chi connectivity index (χ4n) is 1.95. The molecule has 2 fully saturated rings. The van der Waals surface area contributed by atoms with Crippen molar-refractivity contribution in [3.8, 4) is 0 Å². The molecule has 1 N–H and O–H groups in total. The van der Waals surface area contributed by atoms with Gasteiger partial charge >= 0.3 is 0 Å². The molecule has 1 aliphatic heterocycles. The number of carbonyl (C=O) groups is 1. The van der Waals surface area contributed by atoms with E-state index < -0.39 is 0 Å². The summed E-state index contributed by atoms with van der Waals surface area (Å²) in [5.41, 5.74) is 0. The van der Waals surface area contributed by atoms with Crippen molar-refractivity contribution in [3.63, 3.8) is 0 Å². The maximum absolute atomic E-state index is 11.4. The number of ketones is 1. The van der Waals surface area contributed by atoms with Gasteiger partial charge in [0.15, 0.2) is 0 Å². The Morgan fingerprint density at radius 1 is 1.33 bits per heavy atom. The maximum atomic E-state index is 11.4. The first-order valence-electron chi connectivity index (χ1n) is 5.09. The highest BCUT2D eigenvalue weighted by molar-refractivity contribution is 5.83. The molecule has 68 valence electrons. The predicted molar refractivity (Wildman–Crippen MR) is 47.9 cm³/mol. The van der Waals surface area contributed by atoms with Crippen LogP contribution in [-0.4, -0.2) is 18.9 Å². The second-order valence-corrected chi connectivity index (χ2v) is 4.16. The number of carbonyl (C=O) groups excluding carboxylic acids is 1. The van der Waals surface area contributed by atoms with E-state index in [0.29, 0.717) is 17.6 Å². The zero-order valence-corrected chi connectivity index (χ0v) is 7.51. The van der Waals surface area contributed by atoms with Gasteiger partial charge in [-0.25, -0.2) is 0 Å². The van der Waals surface area contributed by atoms with E-state index >= 15 is 0 Å². The SMILES string of the molecule is O=C(CC1CCCNC1)C1CC1. The number of hydrogen-bond acceptors (Lipinski definition) is 2. The molecule has 2 heteroatoms. The van der Waals surface area contributed by atoms with Gasteiger partial charge in [-0.15, -0.1) is 0 Å². The Balaban J connectivity index is 1.73. The summed E-state index contributed by atoms with van der Waals surface area (Å²) in [6.07, 6.45) is 5.68. The quantitative estimate of drug-likeness (QED) is 0.687.